The molecule has 5 heteroatoms. The van der Waals surface area contributed by atoms with E-state index in [0.29, 0.717) is 0 Å². The van der Waals surface area contributed by atoms with E-state index in [0.717, 1.165) is 0 Å². The minimum absolute atomic E-state index is 0.200. The molecule has 72 valence electrons. The minimum atomic E-state index is -2.80. The fourth-order valence-electron chi connectivity index (χ4n) is 0.914. The molecule has 1 nitrogen and oxygen atoms in total. The van der Waals surface area contributed by atoms with E-state index in [1.165, 1.54) is 18.2 Å². The first-order valence-corrected chi connectivity index (χ1v) is 3.89. The van der Waals surface area contributed by atoms with Crippen molar-refractivity contribution in [3.8, 4) is 0 Å². The summed E-state index contributed by atoms with van der Waals surface area (Å²) in [6, 6.07) is 2.22. The van der Waals surface area contributed by atoms with Gasteiger partial charge in [0.15, 0.2) is 0 Å². The Hall–Kier alpha value is -0.740. The van der Waals surface area contributed by atoms with Crippen LogP contribution >= 0.6 is 11.6 Å². The van der Waals surface area contributed by atoms with Crippen molar-refractivity contribution in [1.29, 1.82) is 0 Å². The van der Waals surface area contributed by atoms with Crippen molar-refractivity contribution in [3.05, 3.63) is 34.6 Å². The third-order valence-electron chi connectivity index (χ3n) is 1.61. The van der Waals surface area contributed by atoms with Crippen LogP contribution in [0.4, 0.5) is 13.2 Å². The average Bonchev–Trinajstić information content (AvgIpc) is 2.08. The average molecular weight is 210 g/mol. The highest BCUT2D eigenvalue weighted by atomic mass is 35.5. The second kappa shape index (κ2) is 3.98. The van der Waals surface area contributed by atoms with Crippen LogP contribution in [0.15, 0.2) is 18.2 Å². The maximum absolute atomic E-state index is 13.1. The maximum Gasteiger partial charge on any atom is 0.257 e. The van der Waals surface area contributed by atoms with Gasteiger partial charge in [0.05, 0.1) is 11.1 Å². The molecule has 0 saturated carbocycles. The topological polar surface area (TPSA) is 26.0 Å². The van der Waals surface area contributed by atoms with Crippen LogP contribution in [0.3, 0.4) is 0 Å². The Bertz CT molecular complexity index is 303. The SMILES string of the molecule is N[C@H](c1cccc(Cl)c1F)C(F)F. The summed E-state index contributed by atoms with van der Waals surface area (Å²) >= 11 is 5.39. The summed E-state index contributed by atoms with van der Waals surface area (Å²) in [7, 11) is 0. The van der Waals surface area contributed by atoms with Crippen LogP contribution in [0.5, 0.6) is 0 Å². The van der Waals surface area contributed by atoms with Crippen molar-refractivity contribution in [2.45, 2.75) is 12.5 Å². The number of rotatable bonds is 2. The molecule has 0 bridgehead atoms. The van der Waals surface area contributed by atoms with Gasteiger partial charge in [0.25, 0.3) is 6.43 Å². The number of nitrogens with two attached hydrogens (primary N) is 1. The van der Waals surface area contributed by atoms with Crippen molar-refractivity contribution >= 4 is 11.6 Å². The van der Waals surface area contributed by atoms with Crippen molar-refractivity contribution < 1.29 is 13.2 Å². The van der Waals surface area contributed by atoms with E-state index < -0.39 is 18.3 Å². The predicted octanol–water partition coefficient (Wildman–Crippen LogP) is 2.74. The van der Waals surface area contributed by atoms with Crippen LogP contribution in [-0.2, 0) is 0 Å². The minimum Gasteiger partial charge on any atom is -0.319 e. The molecule has 0 heterocycles. The Balaban J connectivity index is 3.07. The number of hydrogen-bond donors (Lipinski definition) is 1. The van der Waals surface area contributed by atoms with Crippen molar-refractivity contribution in [2.24, 2.45) is 5.73 Å². The van der Waals surface area contributed by atoms with Gasteiger partial charge in [-0.25, -0.2) is 13.2 Å². The fraction of sp³-hybridized carbons (Fsp3) is 0.250. The maximum atomic E-state index is 13.1. The summed E-state index contributed by atoms with van der Waals surface area (Å²) in [5.74, 6) is -0.878. The Labute approximate surface area is 78.3 Å². The summed E-state index contributed by atoms with van der Waals surface area (Å²) in [5, 5.41) is -0.200. The van der Waals surface area contributed by atoms with Gasteiger partial charge in [-0.15, -0.1) is 0 Å². The molecule has 0 aliphatic carbocycles. The second-order valence-electron chi connectivity index (χ2n) is 2.50. The lowest BCUT2D eigenvalue weighted by molar-refractivity contribution is 0.115. The van der Waals surface area contributed by atoms with E-state index in [1.807, 2.05) is 0 Å². The number of halogens is 4. The summed E-state index contributed by atoms with van der Waals surface area (Å²) in [5.41, 5.74) is 4.80. The van der Waals surface area contributed by atoms with Gasteiger partial charge in [0.1, 0.15) is 5.82 Å². The van der Waals surface area contributed by atoms with Gasteiger partial charge in [-0.3, -0.25) is 0 Å². The summed E-state index contributed by atoms with van der Waals surface area (Å²) in [4.78, 5) is 0. The summed E-state index contributed by atoms with van der Waals surface area (Å²) in [6.45, 7) is 0. The monoisotopic (exact) mass is 209 g/mol. The Morgan fingerprint density at radius 3 is 2.46 bits per heavy atom. The molecule has 0 amide bonds. The van der Waals surface area contributed by atoms with E-state index in [-0.39, 0.29) is 10.6 Å². The first-order valence-electron chi connectivity index (χ1n) is 3.51. The van der Waals surface area contributed by atoms with E-state index in [1.54, 1.807) is 0 Å². The van der Waals surface area contributed by atoms with Gasteiger partial charge in [0.2, 0.25) is 0 Å². The van der Waals surface area contributed by atoms with E-state index in [4.69, 9.17) is 17.3 Å². The molecule has 0 unspecified atom stereocenters. The molecule has 1 rings (SSSR count). The smallest absolute Gasteiger partial charge is 0.257 e. The van der Waals surface area contributed by atoms with Crippen LogP contribution in [0, 0.1) is 5.82 Å². The summed E-state index contributed by atoms with van der Waals surface area (Å²) < 4.78 is 37.2. The molecule has 1 atom stereocenters. The predicted molar refractivity (Wildman–Crippen MR) is 44.3 cm³/mol. The quantitative estimate of drug-likeness (QED) is 0.796. The zero-order valence-electron chi connectivity index (χ0n) is 6.48. The molecule has 2 N–H and O–H groups in total. The highest BCUT2D eigenvalue weighted by Gasteiger charge is 2.21. The largest absolute Gasteiger partial charge is 0.319 e. The van der Waals surface area contributed by atoms with E-state index >= 15 is 0 Å². The fourth-order valence-corrected chi connectivity index (χ4v) is 1.10. The molecule has 0 radical (unpaired) electrons. The normalized spacial score (nSPS) is 13.4. The van der Waals surface area contributed by atoms with Crippen molar-refractivity contribution in [1.82, 2.24) is 0 Å². The molecule has 0 aliphatic heterocycles. The Kier molecular flexibility index (Phi) is 3.17. The standard InChI is InChI=1S/C8H7ClF3N/c9-5-3-1-2-4(6(5)10)7(13)8(11)12/h1-3,7-8H,13H2/t7-/m1/s1. The van der Waals surface area contributed by atoms with Crippen LogP contribution in [0.25, 0.3) is 0 Å². The highest BCUT2D eigenvalue weighted by molar-refractivity contribution is 6.30. The van der Waals surface area contributed by atoms with Gasteiger partial charge in [-0.2, -0.15) is 0 Å². The van der Waals surface area contributed by atoms with Crippen LogP contribution in [-0.4, -0.2) is 6.43 Å². The van der Waals surface area contributed by atoms with Gasteiger partial charge < -0.3 is 5.73 Å². The van der Waals surface area contributed by atoms with E-state index in [2.05, 4.69) is 0 Å². The molecule has 0 aromatic heterocycles. The molecule has 0 aliphatic rings. The molecule has 0 saturated heterocycles. The lowest BCUT2D eigenvalue weighted by Gasteiger charge is -2.11. The first kappa shape index (κ1) is 10.3. The molecular formula is C8H7ClF3N. The molecular weight excluding hydrogens is 203 g/mol. The number of hydrogen-bond acceptors (Lipinski definition) is 1. The third-order valence-corrected chi connectivity index (χ3v) is 1.90. The molecule has 1 aromatic rings. The molecule has 0 fully saturated rings. The van der Waals surface area contributed by atoms with Crippen molar-refractivity contribution in [3.63, 3.8) is 0 Å². The molecule has 13 heavy (non-hydrogen) atoms. The van der Waals surface area contributed by atoms with Crippen LogP contribution in [0.2, 0.25) is 5.02 Å². The van der Waals surface area contributed by atoms with Crippen LogP contribution < -0.4 is 5.73 Å². The second-order valence-corrected chi connectivity index (χ2v) is 2.91. The van der Waals surface area contributed by atoms with Gasteiger partial charge >= 0.3 is 0 Å². The van der Waals surface area contributed by atoms with E-state index in [9.17, 15) is 13.2 Å². The molecule has 1 aromatic carbocycles. The van der Waals surface area contributed by atoms with Gasteiger partial charge in [-0.05, 0) is 6.07 Å². The van der Waals surface area contributed by atoms with Gasteiger partial charge in [0, 0.05) is 5.56 Å². The zero-order chi connectivity index (χ0) is 10.0. The third kappa shape index (κ3) is 2.14. The van der Waals surface area contributed by atoms with Crippen LogP contribution in [0.1, 0.15) is 11.6 Å². The Morgan fingerprint density at radius 1 is 1.31 bits per heavy atom. The zero-order valence-corrected chi connectivity index (χ0v) is 7.23. The number of alkyl halides is 2. The van der Waals surface area contributed by atoms with Crippen molar-refractivity contribution in [2.75, 3.05) is 0 Å². The number of benzene rings is 1. The van der Waals surface area contributed by atoms with Gasteiger partial charge in [-0.1, -0.05) is 23.7 Å². The lowest BCUT2D eigenvalue weighted by Crippen LogP contribution is -2.20. The Morgan fingerprint density at radius 2 is 1.92 bits per heavy atom. The highest BCUT2D eigenvalue weighted by Crippen LogP contribution is 2.25. The lowest BCUT2D eigenvalue weighted by atomic mass is 10.1. The summed E-state index contributed by atoms with van der Waals surface area (Å²) in [6.07, 6.45) is -2.80. The first-order chi connectivity index (χ1) is 6.04. The molecule has 0 spiro atoms.